The van der Waals surface area contributed by atoms with Crippen molar-refractivity contribution in [2.45, 2.75) is 0 Å². The van der Waals surface area contributed by atoms with Crippen LogP contribution in [0.15, 0.2) is 42.5 Å². The first-order chi connectivity index (χ1) is 15.8. The number of imide groups is 1. The number of hydrogen-bond donors (Lipinski definition) is 1. The molecule has 10 nitrogen and oxygen atoms in total. The summed E-state index contributed by atoms with van der Waals surface area (Å²) in [5.41, 5.74) is 1.37. The van der Waals surface area contributed by atoms with Gasteiger partial charge in [-0.2, -0.15) is 5.26 Å². The number of amides is 3. The fourth-order valence-electron chi connectivity index (χ4n) is 3.00. The van der Waals surface area contributed by atoms with Crippen LogP contribution in [0.2, 0.25) is 0 Å². The van der Waals surface area contributed by atoms with Crippen LogP contribution in [0, 0.1) is 11.3 Å². The maximum atomic E-state index is 12.1. The van der Waals surface area contributed by atoms with Crippen molar-refractivity contribution in [1.29, 1.82) is 5.26 Å². The first-order valence-corrected chi connectivity index (χ1v) is 9.63. The second kappa shape index (κ2) is 10.1. The Labute approximate surface area is 188 Å². The fourth-order valence-corrected chi connectivity index (χ4v) is 3.00. The molecule has 0 unspecified atom stereocenters. The Morgan fingerprint density at radius 2 is 1.85 bits per heavy atom. The second-order valence-corrected chi connectivity index (χ2v) is 6.78. The topological polar surface area (TPSA) is 135 Å². The number of carbonyl (C=O) groups is 4. The van der Waals surface area contributed by atoms with Crippen LogP contribution in [-0.2, 0) is 14.3 Å². The monoisotopic (exact) mass is 449 g/mol. The van der Waals surface area contributed by atoms with E-state index in [1.807, 2.05) is 6.07 Å². The molecule has 1 N–H and O–H groups in total. The Bertz CT molecular complexity index is 1200. The molecule has 3 rings (SSSR count). The quantitative estimate of drug-likeness (QED) is 0.367. The van der Waals surface area contributed by atoms with Crippen LogP contribution in [0.5, 0.6) is 11.5 Å². The SMILES string of the molecule is COc1cc(/C=C/C(=O)OCC(=O)Nc2ccc3c(c2)C(=O)N(C)C3=O)ccc1OCC#N. The van der Waals surface area contributed by atoms with Gasteiger partial charge in [0.15, 0.2) is 24.7 Å². The van der Waals surface area contributed by atoms with E-state index in [-0.39, 0.29) is 17.7 Å². The number of anilines is 1. The second-order valence-electron chi connectivity index (χ2n) is 6.78. The number of nitrogens with one attached hydrogen (secondary N) is 1. The number of fused-ring (bicyclic) bond motifs is 1. The standard InChI is InChI=1S/C23H19N3O7/c1-26-22(29)16-6-5-15(12-17(16)23(26)30)25-20(27)13-33-21(28)8-4-14-3-7-18(32-10-9-24)19(11-14)31-2/h3-8,11-12H,10,13H2,1-2H3,(H,25,27)/b8-4+. The molecule has 10 heteroatoms. The summed E-state index contributed by atoms with van der Waals surface area (Å²) in [6.45, 7) is -0.672. The lowest BCUT2D eigenvalue weighted by Crippen LogP contribution is -2.24. The predicted octanol–water partition coefficient (Wildman–Crippen LogP) is 2.02. The molecule has 1 heterocycles. The van der Waals surface area contributed by atoms with Gasteiger partial charge in [-0.15, -0.1) is 0 Å². The Morgan fingerprint density at radius 1 is 1.09 bits per heavy atom. The first-order valence-electron chi connectivity index (χ1n) is 9.63. The van der Waals surface area contributed by atoms with Crippen LogP contribution in [0.3, 0.4) is 0 Å². The lowest BCUT2D eigenvalue weighted by molar-refractivity contribution is -0.142. The number of rotatable bonds is 8. The first kappa shape index (κ1) is 23.0. The van der Waals surface area contributed by atoms with Gasteiger partial charge in [0.1, 0.15) is 6.07 Å². The predicted molar refractivity (Wildman–Crippen MR) is 116 cm³/mol. The molecule has 0 fully saturated rings. The molecule has 0 saturated carbocycles. The van der Waals surface area contributed by atoms with Crippen molar-refractivity contribution >= 4 is 35.5 Å². The molecule has 2 aromatic carbocycles. The van der Waals surface area contributed by atoms with Crippen LogP contribution >= 0.6 is 0 Å². The molecule has 1 aliphatic heterocycles. The molecule has 0 aliphatic carbocycles. The molecular weight excluding hydrogens is 430 g/mol. The maximum Gasteiger partial charge on any atom is 0.331 e. The van der Waals surface area contributed by atoms with Gasteiger partial charge in [0.2, 0.25) is 0 Å². The highest BCUT2D eigenvalue weighted by Gasteiger charge is 2.32. The highest BCUT2D eigenvalue weighted by atomic mass is 16.5. The molecule has 0 spiro atoms. The zero-order chi connectivity index (χ0) is 24.0. The summed E-state index contributed by atoms with van der Waals surface area (Å²) < 4.78 is 15.3. The lowest BCUT2D eigenvalue weighted by atomic mass is 10.1. The van der Waals surface area contributed by atoms with Crippen LogP contribution in [0.1, 0.15) is 26.3 Å². The molecule has 0 aromatic heterocycles. The minimum Gasteiger partial charge on any atom is -0.493 e. The van der Waals surface area contributed by atoms with Gasteiger partial charge < -0.3 is 19.5 Å². The van der Waals surface area contributed by atoms with Crippen molar-refractivity contribution < 1.29 is 33.4 Å². The van der Waals surface area contributed by atoms with Crippen molar-refractivity contribution in [2.75, 3.05) is 32.7 Å². The van der Waals surface area contributed by atoms with Crippen LogP contribution < -0.4 is 14.8 Å². The number of esters is 1. The third-order valence-corrected chi connectivity index (χ3v) is 4.61. The van der Waals surface area contributed by atoms with E-state index in [1.165, 1.54) is 38.4 Å². The van der Waals surface area contributed by atoms with E-state index in [1.54, 1.807) is 18.2 Å². The van der Waals surface area contributed by atoms with Crippen molar-refractivity contribution in [1.82, 2.24) is 4.90 Å². The maximum absolute atomic E-state index is 12.1. The number of benzene rings is 2. The molecule has 3 amide bonds. The van der Waals surface area contributed by atoms with Crippen molar-refractivity contribution in [2.24, 2.45) is 0 Å². The molecule has 2 aromatic rings. The molecule has 33 heavy (non-hydrogen) atoms. The summed E-state index contributed by atoms with van der Waals surface area (Å²) in [5, 5.41) is 11.1. The van der Waals surface area contributed by atoms with E-state index in [0.717, 1.165) is 11.0 Å². The molecule has 0 atom stereocenters. The van der Waals surface area contributed by atoms with Gasteiger partial charge in [-0.1, -0.05) is 6.07 Å². The summed E-state index contributed by atoms with van der Waals surface area (Å²) >= 11 is 0. The molecular formula is C23H19N3O7. The summed E-state index contributed by atoms with van der Waals surface area (Å²) in [5.74, 6) is -1.44. The highest BCUT2D eigenvalue weighted by Crippen LogP contribution is 2.28. The minimum absolute atomic E-state index is 0.128. The summed E-state index contributed by atoms with van der Waals surface area (Å²) in [6, 6.07) is 11.1. The largest absolute Gasteiger partial charge is 0.493 e. The molecule has 168 valence electrons. The number of ether oxygens (including phenoxy) is 3. The Hall–Kier alpha value is -4.65. The smallest absolute Gasteiger partial charge is 0.331 e. The van der Waals surface area contributed by atoms with Gasteiger partial charge in [-0.05, 0) is 42.0 Å². The molecule has 0 bridgehead atoms. The lowest BCUT2D eigenvalue weighted by Gasteiger charge is -2.08. The zero-order valence-corrected chi connectivity index (χ0v) is 17.8. The Morgan fingerprint density at radius 3 is 2.58 bits per heavy atom. The van der Waals surface area contributed by atoms with Crippen molar-refractivity contribution in [3.8, 4) is 17.6 Å². The third kappa shape index (κ3) is 5.34. The van der Waals surface area contributed by atoms with E-state index in [9.17, 15) is 19.2 Å². The number of nitriles is 1. The van der Waals surface area contributed by atoms with E-state index in [0.29, 0.717) is 22.7 Å². The van der Waals surface area contributed by atoms with Gasteiger partial charge >= 0.3 is 5.97 Å². The molecule has 1 aliphatic rings. The summed E-state index contributed by atoms with van der Waals surface area (Å²) in [4.78, 5) is 49.0. The number of methoxy groups -OCH3 is 1. The van der Waals surface area contributed by atoms with E-state index >= 15 is 0 Å². The van der Waals surface area contributed by atoms with E-state index < -0.39 is 30.3 Å². The third-order valence-electron chi connectivity index (χ3n) is 4.61. The summed E-state index contributed by atoms with van der Waals surface area (Å²) in [7, 11) is 2.82. The average Bonchev–Trinajstić information content (AvgIpc) is 3.03. The van der Waals surface area contributed by atoms with Gasteiger partial charge in [0.25, 0.3) is 17.7 Å². The molecule has 0 saturated heterocycles. The van der Waals surface area contributed by atoms with Crippen molar-refractivity contribution in [3.05, 3.63) is 59.2 Å². The fraction of sp³-hybridized carbons (Fsp3) is 0.174. The van der Waals surface area contributed by atoms with Gasteiger partial charge in [0.05, 0.1) is 18.2 Å². The van der Waals surface area contributed by atoms with Gasteiger partial charge in [-0.25, -0.2) is 4.79 Å². The number of hydrogen-bond acceptors (Lipinski definition) is 8. The van der Waals surface area contributed by atoms with Crippen LogP contribution in [-0.4, -0.2) is 56.0 Å². The van der Waals surface area contributed by atoms with E-state index in [4.69, 9.17) is 19.5 Å². The van der Waals surface area contributed by atoms with Crippen LogP contribution in [0.4, 0.5) is 5.69 Å². The van der Waals surface area contributed by atoms with E-state index in [2.05, 4.69) is 5.32 Å². The highest BCUT2D eigenvalue weighted by molar-refractivity contribution is 6.21. The van der Waals surface area contributed by atoms with Gasteiger partial charge in [-0.3, -0.25) is 19.3 Å². The van der Waals surface area contributed by atoms with Crippen LogP contribution in [0.25, 0.3) is 6.08 Å². The Balaban J connectivity index is 1.54. The summed E-state index contributed by atoms with van der Waals surface area (Å²) in [6.07, 6.45) is 2.61. The zero-order valence-electron chi connectivity index (χ0n) is 17.8. The Kier molecular flexibility index (Phi) is 7.05. The number of carbonyl (C=O) groups excluding carboxylic acids is 4. The molecule has 0 radical (unpaired) electrons. The number of nitrogens with zero attached hydrogens (tertiary/aromatic N) is 2. The average molecular weight is 449 g/mol. The van der Waals surface area contributed by atoms with Crippen molar-refractivity contribution in [3.63, 3.8) is 0 Å². The normalized spacial score (nSPS) is 12.3. The minimum atomic E-state index is -0.745. The van der Waals surface area contributed by atoms with Gasteiger partial charge in [0, 0.05) is 18.8 Å².